The molecule has 1 heterocycles. The number of rotatable bonds is 7. The van der Waals surface area contributed by atoms with E-state index in [-0.39, 0.29) is 19.0 Å². The smallest absolute Gasteiger partial charge is 0.209 e. The van der Waals surface area contributed by atoms with Crippen LogP contribution in [0.2, 0.25) is 0 Å². The highest BCUT2D eigenvalue weighted by molar-refractivity contribution is 7.88. The molecular formula is C18H26ClN3O3S2. The molecule has 1 fully saturated rings. The number of methoxy groups -OCH3 is 1. The van der Waals surface area contributed by atoms with Gasteiger partial charge in [-0.3, -0.25) is 0 Å². The fourth-order valence-corrected chi connectivity index (χ4v) is 4.57. The molecule has 6 nitrogen and oxygen atoms in total. The highest BCUT2D eigenvalue weighted by Gasteiger charge is 2.19. The predicted molar refractivity (Wildman–Crippen MR) is 114 cm³/mol. The van der Waals surface area contributed by atoms with E-state index in [4.69, 9.17) is 4.74 Å². The number of halogens is 1. The molecule has 0 radical (unpaired) electrons. The zero-order valence-electron chi connectivity index (χ0n) is 15.5. The minimum absolute atomic E-state index is 0. The summed E-state index contributed by atoms with van der Waals surface area (Å²) in [5, 5.41) is 4.33. The predicted octanol–water partition coefficient (Wildman–Crippen LogP) is 4.03. The average molecular weight is 432 g/mol. The summed E-state index contributed by atoms with van der Waals surface area (Å²) in [7, 11) is -1.60. The fraction of sp³-hybridized carbons (Fsp3) is 0.500. The molecule has 2 N–H and O–H groups in total. The van der Waals surface area contributed by atoms with Crippen molar-refractivity contribution in [1.82, 2.24) is 9.71 Å². The summed E-state index contributed by atoms with van der Waals surface area (Å²) in [5.74, 6) is 1.65. The van der Waals surface area contributed by atoms with E-state index in [1.807, 2.05) is 24.3 Å². The summed E-state index contributed by atoms with van der Waals surface area (Å²) in [6.07, 6.45) is 7.23. The molecule has 27 heavy (non-hydrogen) atoms. The lowest BCUT2D eigenvalue weighted by Gasteiger charge is -2.23. The first-order valence-electron chi connectivity index (χ1n) is 8.80. The van der Waals surface area contributed by atoms with Crippen LogP contribution in [-0.4, -0.2) is 32.8 Å². The number of hydrogen-bond acceptors (Lipinski definition) is 6. The Morgan fingerprint density at radius 1 is 1.19 bits per heavy atom. The van der Waals surface area contributed by atoms with Crippen molar-refractivity contribution in [3.8, 4) is 16.2 Å². The van der Waals surface area contributed by atoms with Gasteiger partial charge in [-0.15, -0.1) is 23.7 Å². The minimum atomic E-state index is -3.25. The monoisotopic (exact) mass is 431 g/mol. The highest BCUT2D eigenvalue weighted by Crippen LogP contribution is 2.36. The lowest BCUT2D eigenvalue weighted by molar-refractivity contribution is 0.415. The first kappa shape index (κ1) is 21.9. The third kappa shape index (κ3) is 6.34. The van der Waals surface area contributed by atoms with Gasteiger partial charge in [0.05, 0.1) is 24.8 Å². The Kier molecular flexibility index (Phi) is 7.91. The second-order valence-corrected chi connectivity index (χ2v) is 9.50. The summed E-state index contributed by atoms with van der Waals surface area (Å²) >= 11 is 1.51. The summed E-state index contributed by atoms with van der Waals surface area (Å²) < 4.78 is 30.5. The normalized spacial score (nSPS) is 15.2. The van der Waals surface area contributed by atoms with E-state index >= 15 is 0 Å². The van der Waals surface area contributed by atoms with Gasteiger partial charge in [0, 0.05) is 6.04 Å². The zero-order valence-corrected chi connectivity index (χ0v) is 18.0. The van der Waals surface area contributed by atoms with Gasteiger partial charge in [-0.05, 0) is 42.7 Å². The topological polar surface area (TPSA) is 80.3 Å². The molecular weight excluding hydrogens is 406 g/mol. The Balaban J connectivity index is 0.00000261. The van der Waals surface area contributed by atoms with Crippen LogP contribution in [0.25, 0.3) is 10.4 Å². The third-order valence-corrected chi connectivity index (χ3v) is 6.23. The van der Waals surface area contributed by atoms with E-state index in [9.17, 15) is 8.42 Å². The number of aromatic nitrogens is 1. The molecule has 0 saturated heterocycles. The molecule has 0 aliphatic heterocycles. The van der Waals surface area contributed by atoms with Crippen LogP contribution in [-0.2, 0) is 16.6 Å². The molecule has 0 unspecified atom stereocenters. The average Bonchev–Trinajstić information content (AvgIpc) is 3.03. The minimum Gasteiger partial charge on any atom is -0.497 e. The Labute approximate surface area is 171 Å². The van der Waals surface area contributed by atoms with Crippen LogP contribution in [0.1, 0.15) is 37.1 Å². The Hall–Kier alpha value is -1.35. The van der Waals surface area contributed by atoms with E-state index in [0.29, 0.717) is 6.04 Å². The molecule has 0 amide bonds. The van der Waals surface area contributed by atoms with E-state index in [0.717, 1.165) is 46.1 Å². The van der Waals surface area contributed by atoms with Crippen LogP contribution in [0.4, 0.5) is 5.82 Å². The van der Waals surface area contributed by atoms with Gasteiger partial charge in [0.2, 0.25) is 10.0 Å². The van der Waals surface area contributed by atoms with Crippen molar-refractivity contribution in [2.45, 2.75) is 44.7 Å². The maximum Gasteiger partial charge on any atom is 0.209 e. The van der Waals surface area contributed by atoms with Crippen molar-refractivity contribution in [3.63, 3.8) is 0 Å². The molecule has 2 aromatic rings. The lowest BCUT2D eigenvalue weighted by Crippen LogP contribution is -2.23. The molecule has 1 aromatic heterocycles. The number of hydrogen-bond donors (Lipinski definition) is 2. The highest BCUT2D eigenvalue weighted by atomic mass is 35.5. The van der Waals surface area contributed by atoms with Gasteiger partial charge < -0.3 is 10.1 Å². The van der Waals surface area contributed by atoms with Crippen LogP contribution in [0.5, 0.6) is 5.75 Å². The standard InChI is InChI=1S/C18H25N3O3S2.ClH/c1-24-15-10-8-13(9-11-15)17-18(20-14-6-4-3-5-7-14)21-16(25-17)12-19-26(2,22)23;/h8-11,14,19-20H,3-7,12H2,1-2H3;1H. The van der Waals surface area contributed by atoms with Gasteiger partial charge in [-0.2, -0.15) is 0 Å². The van der Waals surface area contributed by atoms with Crippen LogP contribution >= 0.6 is 23.7 Å². The number of thiazole rings is 1. The van der Waals surface area contributed by atoms with E-state index in [1.165, 1.54) is 30.6 Å². The molecule has 150 valence electrons. The molecule has 0 atom stereocenters. The summed E-state index contributed by atoms with van der Waals surface area (Å²) in [4.78, 5) is 5.71. The van der Waals surface area contributed by atoms with Crippen LogP contribution in [0.15, 0.2) is 24.3 Å². The molecule has 1 aromatic carbocycles. The van der Waals surface area contributed by atoms with Gasteiger partial charge in [0.1, 0.15) is 16.6 Å². The first-order chi connectivity index (χ1) is 12.4. The zero-order chi connectivity index (χ0) is 18.6. The second kappa shape index (κ2) is 9.73. The van der Waals surface area contributed by atoms with Crippen LogP contribution in [0.3, 0.4) is 0 Å². The quantitative estimate of drug-likeness (QED) is 0.691. The number of anilines is 1. The lowest BCUT2D eigenvalue weighted by atomic mass is 9.95. The number of benzene rings is 1. The Bertz CT molecular complexity index is 832. The summed E-state index contributed by atoms with van der Waals surface area (Å²) in [6.45, 7) is 0.207. The summed E-state index contributed by atoms with van der Waals surface area (Å²) in [5.41, 5.74) is 1.05. The summed E-state index contributed by atoms with van der Waals surface area (Å²) in [6, 6.07) is 8.29. The van der Waals surface area contributed by atoms with Crippen molar-refractivity contribution in [2.75, 3.05) is 18.7 Å². The van der Waals surface area contributed by atoms with Gasteiger partial charge in [0.25, 0.3) is 0 Å². The number of ether oxygens (including phenoxy) is 1. The molecule has 0 bridgehead atoms. The van der Waals surface area contributed by atoms with Gasteiger partial charge in [-0.25, -0.2) is 18.1 Å². The first-order valence-corrected chi connectivity index (χ1v) is 11.5. The molecule has 0 spiro atoms. The van der Waals surface area contributed by atoms with Crippen molar-refractivity contribution < 1.29 is 13.2 Å². The van der Waals surface area contributed by atoms with Crippen molar-refractivity contribution in [3.05, 3.63) is 29.3 Å². The van der Waals surface area contributed by atoms with Crippen molar-refractivity contribution in [2.24, 2.45) is 0 Å². The maximum atomic E-state index is 11.4. The third-order valence-electron chi connectivity index (χ3n) is 4.46. The molecule has 3 rings (SSSR count). The van der Waals surface area contributed by atoms with Crippen LogP contribution in [0, 0.1) is 0 Å². The molecule has 1 aliphatic carbocycles. The Morgan fingerprint density at radius 2 is 1.85 bits per heavy atom. The van der Waals surface area contributed by atoms with E-state index < -0.39 is 10.0 Å². The molecule has 1 saturated carbocycles. The molecule has 1 aliphatic rings. The van der Waals surface area contributed by atoms with E-state index in [2.05, 4.69) is 15.0 Å². The number of sulfonamides is 1. The van der Waals surface area contributed by atoms with Gasteiger partial charge >= 0.3 is 0 Å². The van der Waals surface area contributed by atoms with Gasteiger partial charge in [-0.1, -0.05) is 19.3 Å². The Morgan fingerprint density at radius 3 is 2.44 bits per heavy atom. The molecule has 9 heteroatoms. The van der Waals surface area contributed by atoms with Crippen molar-refractivity contribution >= 4 is 39.6 Å². The van der Waals surface area contributed by atoms with E-state index in [1.54, 1.807) is 7.11 Å². The fourth-order valence-electron chi connectivity index (χ4n) is 3.11. The second-order valence-electron chi connectivity index (χ2n) is 6.59. The van der Waals surface area contributed by atoms with Crippen LogP contribution < -0.4 is 14.8 Å². The van der Waals surface area contributed by atoms with Gasteiger partial charge in [0.15, 0.2) is 0 Å². The maximum absolute atomic E-state index is 11.4. The number of nitrogens with one attached hydrogen (secondary N) is 2. The number of nitrogens with zero attached hydrogens (tertiary/aromatic N) is 1. The largest absolute Gasteiger partial charge is 0.497 e. The SMILES string of the molecule is COc1ccc(-c2sc(CNS(C)(=O)=O)nc2NC2CCCCC2)cc1.Cl. The van der Waals surface area contributed by atoms with Crippen molar-refractivity contribution in [1.29, 1.82) is 0 Å².